The molecule has 0 saturated carbocycles. The molecule has 0 spiro atoms. The number of carbonyl (C=O) groups is 2. The second kappa shape index (κ2) is 5.59. The molecule has 1 saturated heterocycles. The van der Waals surface area contributed by atoms with E-state index in [4.69, 9.17) is 5.11 Å². The van der Waals surface area contributed by atoms with Crippen LogP contribution in [0.2, 0.25) is 0 Å². The number of hydrogen-bond donors (Lipinski definition) is 2. The largest absolute Gasteiger partial charge is 0.481 e. The van der Waals surface area contributed by atoms with E-state index in [2.05, 4.69) is 26.1 Å². The summed E-state index contributed by atoms with van der Waals surface area (Å²) in [5, 5.41) is 11.9. The molecule has 1 aliphatic rings. The highest BCUT2D eigenvalue weighted by Gasteiger charge is 2.30. The minimum atomic E-state index is -0.809. The van der Waals surface area contributed by atoms with E-state index in [0.717, 1.165) is 6.42 Å². The van der Waals surface area contributed by atoms with E-state index < -0.39 is 11.9 Å². The molecule has 0 aromatic rings. The number of carboxylic acid groups (broad SMARTS) is 1. The average Bonchev–Trinajstić information content (AvgIpc) is 2.27. The lowest BCUT2D eigenvalue weighted by Crippen LogP contribution is -2.51. The van der Waals surface area contributed by atoms with Gasteiger partial charge in [-0.25, -0.2) is 4.79 Å². The van der Waals surface area contributed by atoms with Gasteiger partial charge in [0, 0.05) is 19.1 Å². The van der Waals surface area contributed by atoms with Crippen LogP contribution in [0.5, 0.6) is 0 Å². The highest BCUT2D eigenvalue weighted by molar-refractivity contribution is 5.76. The van der Waals surface area contributed by atoms with Crippen molar-refractivity contribution in [2.45, 2.75) is 46.6 Å². The Hall–Kier alpha value is -1.26. The zero-order valence-electron chi connectivity index (χ0n) is 11.7. The van der Waals surface area contributed by atoms with E-state index in [1.165, 1.54) is 0 Å². The number of carbonyl (C=O) groups excluding carboxylic acids is 1. The lowest BCUT2D eigenvalue weighted by molar-refractivity contribution is -0.143. The van der Waals surface area contributed by atoms with Gasteiger partial charge in [0.25, 0.3) is 0 Å². The molecule has 5 nitrogen and oxygen atoms in total. The van der Waals surface area contributed by atoms with Crippen molar-refractivity contribution in [1.29, 1.82) is 0 Å². The van der Waals surface area contributed by atoms with Gasteiger partial charge in [-0.3, -0.25) is 4.79 Å². The number of urea groups is 1. The summed E-state index contributed by atoms with van der Waals surface area (Å²) < 4.78 is 0. The van der Waals surface area contributed by atoms with E-state index in [1.54, 1.807) is 4.90 Å². The van der Waals surface area contributed by atoms with E-state index in [9.17, 15) is 9.59 Å². The first-order chi connectivity index (χ1) is 8.21. The summed E-state index contributed by atoms with van der Waals surface area (Å²) in [5.74, 6) is -1.23. The van der Waals surface area contributed by atoms with Crippen LogP contribution in [0.4, 0.5) is 4.79 Å². The van der Waals surface area contributed by atoms with Crippen molar-refractivity contribution in [1.82, 2.24) is 10.2 Å². The number of likely N-dealkylation sites (tertiary alicyclic amines) is 1. The fourth-order valence-electron chi connectivity index (χ4n) is 1.86. The molecule has 104 valence electrons. The van der Waals surface area contributed by atoms with Gasteiger partial charge in [0.2, 0.25) is 0 Å². The van der Waals surface area contributed by atoms with Crippen molar-refractivity contribution in [2.24, 2.45) is 11.3 Å². The third-order valence-corrected chi connectivity index (χ3v) is 3.70. The quantitative estimate of drug-likeness (QED) is 0.793. The van der Waals surface area contributed by atoms with Gasteiger partial charge in [-0.1, -0.05) is 20.8 Å². The highest BCUT2D eigenvalue weighted by atomic mass is 16.4. The van der Waals surface area contributed by atoms with Crippen molar-refractivity contribution < 1.29 is 14.7 Å². The molecule has 2 N–H and O–H groups in total. The van der Waals surface area contributed by atoms with Crippen molar-refractivity contribution in [3.8, 4) is 0 Å². The van der Waals surface area contributed by atoms with Crippen LogP contribution in [-0.2, 0) is 4.79 Å². The lowest BCUT2D eigenvalue weighted by Gasteiger charge is -2.34. The standard InChI is InChI=1S/C13H24N2O3/c1-9(13(2,3)4)14-12(18)15-7-5-6-10(8-15)11(16)17/h9-10H,5-8H2,1-4H3,(H,14,18)(H,16,17). The predicted molar refractivity (Wildman–Crippen MR) is 69.4 cm³/mol. The molecule has 0 aromatic heterocycles. The Bertz CT molecular complexity index is 323. The van der Waals surface area contributed by atoms with E-state index >= 15 is 0 Å². The molecule has 18 heavy (non-hydrogen) atoms. The smallest absolute Gasteiger partial charge is 0.317 e. The Labute approximate surface area is 109 Å². The summed E-state index contributed by atoms with van der Waals surface area (Å²) in [6.07, 6.45) is 1.42. The zero-order chi connectivity index (χ0) is 13.9. The maximum atomic E-state index is 12.0. The summed E-state index contributed by atoms with van der Waals surface area (Å²) in [7, 11) is 0. The van der Waals surface area contributed by atoms with Crippen molar-refractivity contribution in [3.05, 3.63) is 0 Å². The van der Waals surface area contributed by atoms with Gasteiger partial charge < -0.3 is 15.3 Å². The first kappa shape index (κ1) is 14.8. The summed E-state index contributed by atoms with van der Waals surface area (Å²) in [6, 6.07) is -0.0985. The first-order valence-corrected chi connectivity index (χ1v) is 6.50. The molecular weight excluding hydrogens is 232 g/mol. The van der Waals surface area contributed by atoms with Crippen LogP contribution in [0.25, 0.3) is 0 Å². The van der Waals surface area contributed by atoms with E-state index in [1.807, 2.05) is 6.92 Å². The van der Waals surface area contributed by atoms with Gasteiger partial charge in [-0.2, -0.15) is 0 Å². The Balaban J connectivity index is 2.54. The van der Waals surface area contributed by atoms with Crippen LogP contribution in [0, 0.1) is 11.3 Å². The molecule has 0 aromatic carbocycles. The molecule has 5 heteroatoms. The average molecular weight is 256 g/mol. The number of nitrogens with zero attached hydrogens (tertiary/aromatic N) is 1. The van der Waals surface area contributed by atoms with Crippen molar-refractivity contribution in [3.63, 3.8) is 0 Å². The fraction of sp³-hybridized carbons (Fsp3) is 0.846. The third kappa shape index (κ3) is 3.89. The monoisotopic (exact) mass is 256 g/mol. The predicted octanol–water partition coefficient (Wildman–Crippen LogP) is 1.93. The van der Waals surface area contributed by atoms with Crippen LogP contribution < -0.4 is 5.32 Å². The Kier molecular flexibility index (Phi) is 4.59. The van der Waals surface area contributed by atoms with Gasteiger partial charge in [0.1, 0.15) is 0 Å². The van der Waals surface area contributed by atoms with Crippen molar-refractivity contribution >= 4 is 12.0 Å². The van der Waals surface area contributed by atoms with Crippen molar-refractivity contribution in [2.75, 3.05) is 13.1 Å². The normalized spacial score (nSPS) is 22.4. The summed E-state index contributed by atoms with van der Waals surface area (Å²) in [4.78, 5) is 24.6. The molecule has 0 bridgehead atoms. The molecule has 1 aliphatic heterocycles. The second-order valence-electron chi connectivity index (χ2n) is 6.16. The molecule has 2 unspecified atom stereocenters. The minimum Gasteiger partial charge on any atom is -0.481 e. The maximum Gasteiger partial charge on any atom is 0.317 e. The van der Waals surface area contributed by atoms with Crippen LogP contribution in [0.1, 0.15) is 40.5 Å². The lowest BCUT2D eigenvalue weighted by atomic mass is 9.88. The summed E-state index contributed by atoms with van der Waals surface area (Å²) in [6.45, 7) is 9.12. The molecule has 0 aliphatic carbocycles. The number of carboxylic acids is 1. The molecule has 0 radical (unpaired) electrons. The molecule has 2 atom stereocenters. The van der Waals surface area contributed by atoms with Crippen LogP contribution in [0.15, 0.2) is 0 Å². The number of aliphatic carboxylic acids is 1. The fourth-order valence-corrected chi connectivity index (χ4v) is 1.86. The SMILES string of the molecule is CC(NC(=O)N1CCCC(C(=O)O)C1)C(C)(C)C. The number of piperidine rings is 1. The first-order valence-electron chi connectivity index (χ1n) is 6.50. The summed E-state index contributed by atoms with van der Waals surface area (Å²) >= 11 is 0. The minimum absolute atomic E-state index is 0.00234. The number of rotatable bonds is 2. The Morgan fingerprint density at radius 1 is 1.39 bits per heavy atom. The van der Waals surface area contributed by atoms with Gasteiger partial charge >= 0.3 is 12.0 Å². The third-order valence-electron chi connectivity index (χ3n) is 3.70. The number of nitrogens with one attached hydrogen (secondary N) is 1. The molecule has 2 amide bonds. The van der Waals surface area contributed by atoms with Gasteiger partial charge in [0.15, 0.2) is 0 Å². The summed E-state index contributed by atoms with van der Waals surface area (Å²) in [5.41, 5.74) is -0.00234. The zero-order valence-corrected chi connectivity index (χ0v) is 11.7. The number of hydrogen-bond acceptors (Lipinski definition) is 2. The van der Waals surface area contributed by atoms with Crippen LogP contribution in [-0.4, -0.2) is 41.1 Å². The molecule has 1 heterocycles. The second-order valence-corrected chi connectivity index (χ2v) is 6.16. The molecular formula is C13H24N2O3. The molecule has 1 fully saturated rings. The van der Waals surface area contributed by atoms with Gasteiger partial charge in [-0.05, 0) is 25.2 Å². The van der Waals surface area contributed by atoms with E-state index in [0.29, 0.717) is 19.5 Å². The topological polar surface area (TPSA) is 69.6 Å². The van der Waals surface area contributed by atoms with Crippen LogP contribution in [0.3, 0.4) is 0 Å². The Morgan fingerprint density at radius 3 is 2.50 bits per heavy atom. The van der Waals surface area contributed by atoms with Crippen LogP contribution >= 0.6 is 0 Å². The highest BCUT2D eigenvalue weighted by Crippen LogP contribution is 2.20. The number of amides is 2. The van der Waals surface area contributed by atoms with Gasteiger partial charge in [-0.15, -0.1) is 0 Å². The van der Waals surface area contributed by atoms with E-state index in [-0.39, 0.29) is 17.5 Å². The maximum absolute atomic E-state index is 12.0. The molecule has 1 rings (SSSR count). The Morgan fingerprint density at radius 2 is 2.00 bits per heavy atom. The van der Waals surface area contributed by atoms with Gasteiger partial charge in [0.05, 0.1) is 5.92 Å².